The molecule has 1 saturated carbocycles. The molecule has 0 spiro atoms. The summed E-state index contributed by atoms with van der Waals surface area (Å²) >= 11 is 6.37. The number of ether oxygens (including phenoxy) is 2. The summed E-state index contributed by atoms with van der Waals surface area (Å²) < 4.78 is 10.1. The molecule has 1 unspecified atom stereocenters. The summed E-state index contributed by atoms with van der Waals surface area (Å²) in [7, 11) is 1.50. The second kappa shape index (κ2) is 9.05. The Bertz CT molecular complexity index is 905. The lowest BCUT2D eigenvalue weighted by atomic mass is 9.74. The molecule has 29 heavy (non-hydrogen) atoms. The average Bonchev–Trinajstić information content (AvgIpc) is 2.74. The number of halogens is 1. The van der Waals surface area contributed by atoms with Crippen molar-refractivity contribution in [2.24, 2.45) is 0 Å². The van der Waals surface area contributed by atoms with E-state index in [0.29, 0.717) is 29.0 Å². The third-order valence-electron chi connectivity index (χ3n) is 5.11. The minimum absolute atomic E-state index is 0.0925. The van der Waals surface area contributed by atoms with Crippen LogP contribution in [0, 0.1) is 0 Å². The van der Waals surface area contributed by atoms with Crippen LogP contribution >= 0.6 is 11.6 Å². The van der Waals surface area contributed by atoms with Gasteiger partial charge in [0.25, 0.3) is 0 Å². The SMILES string of the molecule is CN(C(=O)OCOC(=O)c1ccncc1)C1(c2ccccc2Cl)CCCCC1=O. The van der Waals surface area contributed by atoms with Gasteiger partial charge in [-0.25, -0.2) is 9.59 Å². The number of carbonyl (C=O) groups is 3. The van der Waals surface area contributed by atoms with Crippen molar-refractivity contribution in [3.8, 4) is 0 Å². The molecule has 0 saturated heterocycles. The van der Waals surface area contributed by atoms with Gasteiger partial charge in [0, 0.05) is 36.4 Å². The van der Waals surface area contributed by atoms with Crippen molar-refractivity contribution in [1.82, 2.24) is 9.88 Å². The fourth-order valence-electron chi connectivity index (χ4n) is 3.59. The Morgan fingerprint density at radius 1 is 1.14 bits per heavy atom. The Labute approximate surface area is 173 Å². The van der Waals surface area contributed by atoms with E-state index < -0.39 is 24.4 Å². The van der Waals surface area contributed by atoms with Crippen molar-refractivity contribution in [1.29, 1.82) is 0 Å². The fraction of sp³-hybridized carbons (Fsp3) is 0.333. The van der Waals surface area contributed by atoms with Gasteiger partial charge in [-0.2, -0.15) is 0 Å². The maximum absolute atomic E-state index is 13.0. The number of Topliss-reactive ketones (excluding diaryl/α,β-unsaturated/α-hetero) is 1. The first-order valence-corrected chi connectivity index (χ1v) is 9.60. The van der Waals surface area contributed by atoms with Gasteiger partial charge in [0.2, 0.25) is 6.79 Å². The minimum Gasteiger partial charge on any atom is -0.424 e. The molecule has 1 fully saturated rings. The lowest BCUT2D eigenvalue weighted by Crippen LogP contribution is -2.54. The van der Waals surface area contributed by atoms with Crippen LogP contribution in [-0.4, -0.2) is 41.6 Å². The van der Waals surface area contributed by atoms with Crippen LogP contribution < -0.4 is 0 Å². The maximum atomic E-state index is 13.0. The Morgan fingerprint density at radius 2 is 1.86 bits per heavy atom. The molecular weight excluding hydrogens is 396 g/mol. The van der Waals surface area contributed by atoms with Crippen molar-refractivity contribution in [2.45, 2.75) is 31.2 Å². The molecule has 1 heterocycles. The number of nitrogens with zero attached hydrogens (tertiary/aromatic N) is 2. The van der Waals surface area contributed by atoms with Gasteiger partial charge in [-0.15, -0.1) is 0 Å². The number of pyridine rings is 1. The standard InChI is InChI=1S/C21H21ClN2O5/c1-24(20(27)29-14-28-19(26)15-9-12-23-13-10-15)21(11-5-4-8-18(21)25)16-6-2-3-7-17(16)22/h2-3,6-7,9-10,12-13H,4-5,8,11,14H2,1H3. The smallest absolute Gasteiger partial charge is 0.413 e. The third kappa shape index (κ3) is 4.24. The molecule has 1 aromatic carbocycles. The number of hydrogen-bond donors (Lipinski definition) is 0. The lowest BCUT2D eigenvalue weighted by Gasteiger charge is -2.43. The Morgan fingerprint density at radius 3 is 2.55 bits per heavy atom. The molecule has 0 N–H and O–H groups in total. The highest BCUT2D eigenvalue weighted by Crippen LogP contribution is 2.42. The molecule has 2 aromatic rings. The van der Waals surface area contributed by atoms with Crippen LogP contribution in [-0.2, 0) is 19.8 Å². The van der Waals surface area contributed by atoms with Crippen LogP contribution in [0.2, 0.25) is 5.02 Å². The molecule has 1 aromatic heterocycles. The Balaban J connectivity index is 1.73. The van der Waals surface area contributed by atoms with Crippen molar-refractivity contribution in [3.63, 3.8) is 0 Å². The molecule has 0 radical (unpaired) electrons. The summed E-state index contributed by atoms with van der Waals surface area (Å²) in [5.74, 6) is -0.734. The van der Waals surface area contributed by atoms with E-state index in [9.17, 15) is 14.4 Å². The van der Waals surface area contributed by atoms with Crippen LogP contribution in [0.3, 0.4) is 0 Å². The van der Waals surface area contributed by atoms with Gasteiger partial charge in [0.15, 0.2) is 5.78 Å². The molecule has 0 bridgehead atoms. The molecule has 3 rings (SSSR count). The number of ketones is 1. The van der Waals surface area contributed by atoms with E-state index in [-0.39, 0.29) is 5.78 Å². The van der Waals surface area contributed by atoms with Crippen LogP contribution in [0.25, 0.3) is 0 Å². The number of likely N-dealkylation sites (N-methyl/N-ethyl adjacent to an activating group) is 1. The largest absolute Gasteiger partial charge is 0.424 e. The van der Waals surface area contributed by atoms with E-state index in [2.05, 4.69) is 4.98 Å². The summed E-state index contributed by atoms with van der Waals surface area (Å²) in [5, 5.41) is 0.409. The van der Waals surface area contributed by atoms with Crippen LogP contribution in [0.1, 0.15) is 41.6 Å². The predicted molar refractivity (Wildman–Crippen MR) is 105 cm³/mol. The van der Waals surface area contributed by atoms with Gasteiger partial charge >= 0.3 is 12.1 Å². The zero-order valence-electron chi connectivity index (χ0n) is 16.0. The summed E-state index contributed by atoms with van der Waals surface area (Å²) in [6, 6.07) is 9.96. The summed E-state index contributed by atoms with van der Waals surface area (Å²) in [6.45, 7) is -0.572. The normalized spacial score (nSPS) is 18.8. The topological polar surface area (TPSA) is 85.8 Å². The number of aromatic nitrogens is 1. The van der Waals surface area contributed by atoms with E-state index in [1.54, 1.807) is 24.3 Å². The molecule has 0 aliphatic heterocycles. The second-order valence-corrected chi connectivity index (χ2v) is 7.13. The summed E-state index contributed by atoms with van der Waals surface area (Å²) in [4.78, 5) is 42.7. The number of rotatable bonds is 5. The Hall–Kier alpha value is -2.93. The number of hydrogen-bond acceptors (Lipinski definition) is 6. The predicted octanol–water partition coefficient (Wildman–Crippen LogP) is 3.96. The molecule has 7 nitrogen and oxygen atoms in total. The van der Waals surface area contributed by atoms with E-state index in [1.807, 2.05) is 0 Å². The van der Waals surface area contributed by atoms with Crippen LogP contribution in [0.5, 0.6) is 0 Å². The molecule has 8 heteroatoms. The first kappa shape index (κ1) is 20.8. The zero-order chi connectivity index (χ0) is 20.9. The van der Waals surface area contributed by atoms with Crippen LogP contribution in [0.4, 0.5) is 4.79 Å². The molecule has 152 valence electrons. The quantitative estimate of drug-likeness (QED) is 0.541. The van der Waals surface area contributed by atoms with Gasteiger partial charge in [0.05, 0.1) is 5.56 Å². The number of esters is 1. The van der Waals surface area contributed by atoms with Crippen molar-refractivity contribution >= 4 is 29.4 Å². The van der Waals surface area contributed by atoms with Gasteiger partial charge in [-0.1, -0.05) is 29.8 Å². The molecule has 1 aliphatic rings. The van der Waals surface area contributed by atoms with Crippen LogP contribution in [0.15, 0.2) is 48.8 Å². The zero-order valence-corrected chi connectivity index (χ0v) is 16.7. The number of benzene rings is 1. The second-order valence-electron chi connectivity index (χ2n) is 6.73. The Kier molecular flexibility index (Phi) is 6.49. The summed E-state index contributed by atoms with van der Waals surface area (Å²) in [5.41, 5.74) is -0.345. The first-order chi connectivity index (χ1) is 14.0. The molecule has 1 amide bonds. The van der Waals surface area contributed by atoms with Crippen molar-refractivity contribution in [3.05, 3.63) is 64.9 Å². The van der Waals surface area contributed by atoms with Gasteiger partial charge < -0.3 is 9.47 Å². The van der Waals surface area contributed by atoms with Crippen molar-refractivity contribution < 1.29 is 23.9 Å². The third-order valence-corrected chi connectivity index (χ3v) is 5.44. The minimum atomic E-state index is -1.21. The summed E-state index contributed by atoms with van der Waals surface area (Å²) in [6.07, 6.45) is 4.46. The highest BCUT2D eigenvalue weighted by molar-refractivity contribution is 6.31. The highest BCUT2D eigenvalue weighted by atomic mass is 35.5. The van der Waals surface area contributed by atoms with E-state index in [0.717, 1.165) is 12.8 Å². The van der Waals surface area contributed by atoms with Gasteiger partial charge in [-0.3, -0.25) is 14.7 Å². The monoisotopic (exact) mass is 416 g/mol. The lowest BCUT2D eigenvalue weighted by molar-refractivity contribution is -0.133. The first-order valence-electron chi connectivity index (χ1n) is 9.23. The van der Waals surface area contributed by atoms with Crippen molar-refractivity contribution in [2.75, 3.05) is 13.8 Å². The average molecular weight is 417 g/mol. The molecule has 1 atom stereocenters. The van der Waals surface area contributed by atoms with Gasteiger partial charge in [0.1, 0.15) is 5.54 Å². The number of amides is 1. The molecule has 1 aliphatic carbocycles. The molecular formula is C21H21ClN2O5. The van der Waals surface area contributed by atoms with Gasteiger partial charge in [-0.05, 0) is 37.5 Å². The van der Waals surface area contributed by atoms with E-state index >= 15 is 0 Å². The van der Waals surface area contributed by atoms with E-state index in [1.165, 1.54) is 36.5 Å². The van der Waals surface area contributed by atoms with E-state index in [4.69, 9.17) is 21.1 Å². The highest BCUT2D eigenvalue weighted by Gasteiger charge is 2.48. The fourth-order valence-corrected chi connectivity index (χ4v) is 3.88. The maximum Gasteiger partial charge on any atom is 0.413 e. The number of carbonyl (C=O) groups excluding carboxylic acids is 3.